The molecule has 0 aromatic heterocycles. The lowest BCUT2D eigenvalue weighted by Crippen LogP contribution is -2.43. The molecule has 1 aliphatic heterocycles. The Hall–Kier alpha value is -2.90. The van der Waals surface area contributed by atoms with Gasteiger partial charge in [-0.2, -0.15) is 0 Å². The molecule has 1 aromatic rings. The average molecular weight is 359 g/mol. The SMILES string of the molecule is COc1ccccc1NC(=O)CN1C(=O)C(=O)N(C2CCCCC2)C1=O. The predicted octanol–water partition coefficient (Wildman–Crippen LogP) is 1.76. The van der Waals surface area contributed by atoms with E-state index in [0.29, 0.717) is 29.2 Å². The predicted molar refractivity (Wildman–Crippen MR) is 92.5 cm³/mol. The third-order valence-corrected chi connectivity index (χ3v) is 4.71. The van der Waals surface area contributed by atoms with Crippen molar-refractivity contribution in [2.24, 2.45) is 0 Å². The molecular weight excluding hydrogens is 338 g/mol. The van der Waals surface area contributed by atoms with E-state index in [1.165, 1.54) is 7.11 Å². The van der Waals surface area contributed by atoms with Gasteiger partial charge in [-0.25, -0.2) is 9.69 Å². The number of benzene rings is 1. The van der Waals surface area contributed by atoms with Gasteiger partial charge in [0.25, 0.3) is 0 Å². The molecule has 8 heteroatoms. The standard InChI is InChI=1S/C18H21N3O5/c1-26-14-10-6-5-9-13(14)19-15(22)11-20-16(23)17(24)21(18(20)25)12-7-3-2-4-8-12/h5-6,9-10,12H,2-4,7-8,11H2,1H3,(H,19,22). The topological polar surface area (TPSA) is 96.0 Å². The molecule has 138 valence electrons. The number of amides is 5. The molecule has 0 spiro atoms. The van der Waals surface area contributed by atoms with Crippen LogP contribution in [0.5, 0.6) is 5.75 Å². The van der Waals surface area contributed by atoms with Crippen molar-refractivity contribution in [2.45, 2.75) is 38.1 Å². The van der Waals surface area contributed by atoms with Gasteiger partial charge in [-0.15, -0.1) is 0 Å². The van der Waals surface area contributed by atoms with Gasteiger partial charge in [-0.05, 0) is 25.0 Å². The first kappa shape index (κ1) is 17.9. The van der Waals surface area contributed by atoms with Crippen LogP contribution in [0.25, 0.3) is 0 Å². The van der Waals surface area contributed by atoms with Crippen LogP contribution in [-0.4, -0.2) is 53.2 Å². The van der Waals surface area contributed by atoms with Crippen LogP contribution >= 0.6 is 0 Å². The minimum absolute atomic E-state index is 0.255. The van der Waals surface area contributed by atoms with E-state index < -0.39 is 30.3 Å². The molecule has 8 nitrogen and oxygen atoms in total. The molecular formula is C18H21N3O5. The first-order valence-electron chi connectivity index (χ1n) is 8.65. The van der Waals surface area contributed by atoms with Gasteiger partial charge in [0, 0.05) is 6.04 Å². The van der Waals surface area contributed by atoms with E-state index in [4.69, 9.17) is 4.74 Å². The fraction of sp³-hybridized carbons (Fsp3) is 0.444. The summed E-state index contributed by atoms with van der Waals surface area (Å²) in [4.78, 5) is 51.0. The number of hydrogen-bond acceptors (Lipinski definition) is 5. The highest BCUT2D eigenvalue weighted by molar-refractivity contribution is 6.45. The second-order valence-electron chi connectivity index (χ2n) is 6.39. The van der Waals surface area contributed by atoms with Crippen LogP contribution in [0.15, 0.2) is 24.3 Å². The summed E-state index contributed by atoms with van der Waals surface area (Å²) in [5, 5.41) is 2.60. The molecule has 1 saturated carbocycles. The number of hydrogen-bond donors (Lipinski definition) is 1. The molecule has 0 unspecified atom stereocenters. The molecule has 1 saturated heterocycles. The summed E-state index contributed by atoms with van der Waals surface area (Å²) in [6.45, 7) is -0.509. The first-order valence-corrected chi connectivity index (χ1v) is 8.65. The van der Waals surface area contributed by atoms with Crippen LogP contribution in [0.3, 0.4) is 0 Å². The number of imide groups is 2. The van der Waals surface area contributed by atoms with Crippen LogP contribution in [-0.2, 0) is 14.4 Å². The molecule has 3 rings (SSSR count). The third-order valence-electron chi connectivity index (χ3n) is 4.71. The Labute approximate surface area is 151 Å². The van der Waals surface area contributed by atoms with E-state index in [0.717, 1.165) is 24.2 Å². The Bertz CT molecular complexity index is 742. The van der Waals surface area contributed by atoms with Crippen LogP contribution in [0.1, 0.15) is 32.1 Å². The summed E-state index contributed by atoms with van der Waals surface area (Å²) in [6.07, 6.45) is 4.30. The van der Waals surface area contributed by atoms with Crippen LogP contribution in [0, 0.1) is 0 Å². The lowest BCUT2D eigenvalue weighted by Gasteiger charge is -2.28. The van der Waals surface area contributed by atoms with Gasteiger partial charge < -0.3 is 10.1 Å². The maximum atomic E-state index is 12.5. The number of rotatable bonds is 5. The molecule has 0 radical (unpaired) electrons. The fourth-order valence-electron chi connectivity index (χ4n) is 3.40. The summed E-state index contributed by atoms with van der Waals surface area (Å²) < 4.78 is 5.15. The van der Waals surface area contributed by atoms with Crippen molar-refractivity contribution in [1.82, 2.24) is 9.80 Å². The number of ether oxygens (including phenoxy) is 1. The van der Waals surface area contributed by atoms with E-state index in [2.05, 4.69) is 5.32 Å². The second-order valence-corrected chi connectivity index (χ2v) is 6.39. The van der Waals surface area contributed by atoms with Crippen molar-refractivity contribution >= 4 is 29.4 Å². The summed E-state index contributed by atoms with van der Waals surface area (Å²) in [6, 6.07) is 5.83. The molecule has 26 heavy (non-hydrogen) atoms. The molecule has 2 fully saturated rings. The quantitative estimate of drug-likeness (QED) is 0.638. The molecule has 0 bridgehead atoms. The summed E-state index contributed by atoms with van der Waals surface area (Å²) in [5.41, 5.74) is 0.426. The van der Waals surface area contributed by atoms with Crippen LogP contribution in [0.4, 0.5) is 10.5 Å². The number of para-hydroxylation sites is 2. The molecule has 1 aromatic carbocycles. The summed E-state index contributed by atoms with van der Waals surface area (Å²) in [7, 11) is 1.47. The first-order chi connectivity index (χ1) is 12.5. The lowest BCUT2D eigenvalue weighted by atomic mass is 9.94. The summed E-state index contributed by atoms with van der Waals surface area (Å²) in [5.74, 6) is -1.91. The maximum Gasteiger partial charge on any atom is 0.334 e. The summed E-state index contributed by atoms with van der Waals surface area (Å²) >= 11 is 0. The number of nitrogens with one attached hydrogen (secondary N) is 1. The molecule has 5 amide bonds. The van der Waals surface area contributed by atoms with Gasteiger partial charge in [0.2, 0.25) is 5.91 Å². The average Bonchev–Trinajstić information content (AvgIpc) is 2.86. The minimum Gasteiger partial charge on any atom is -0.495 e. The number of urea groups is 1. The maximum absolute atomic E-state index is 12.5. The number of nitrogens with zero attached hydrogens (tertiary/aromatic N) is 2. The van der Waals surface area contributed by atoms with Crippen LogP contribution < -0.4 is 10.1 Å². The zero-order valence-electron chi connectivity index (χ0n) is 14.6. The van der Waals surface area contributed by atoms with Gasteiger partial charge in [0.05, 0.1) is 12.8 Å². The lowest BCUT2D eigenvalue weighted by molar-refractivity contribution is -0.144. The third kappa shape index (κ3) is 3.40. The Morgan fingerprint density at radius 1 is 1.12 bits per heavy atom. The fourth-order valence-corrected chi connectivity index (χ4v) is 3.40. The zero-order chi connectivity index (χ0) is 18.7. The van der Waals surface area contributed by atoms with E-state index in [9.17, 15) is 19.2 Å². The number of anilines is 1. The largest absolute Gasteiger partial charge is 0.495 e. The van der Waals surface area contributed by atoms with Crippen molar-refractivity contribution in [3.05, 3.63) is 24.3 Å². The highest BCUT2D eigenvalue weighted by Crippen LogP contribution is 2.27. The second kappa shape index (κ2) is 7.55. The van der Waals surface area contributed by atoms with Gasteiger partial charge in [0.1, 0.15) is 12.3 Å². The van der Waals surface area contributed by atoms with Gasteiger partial charge in [-0.1, -0.05) is 31.4 Å². The van der Waals surface area contributed by atoms with E-state index in [-0.39, 0.29) is 6.04 Å². The Morgan fingerprint density at radius 2 is 1.81 bits per heavy atom. The van der Waals surface area contributed by atoms with Crippen molar-refractivity contribution in [1.29, 1.82) is 0 Å². The van der Waals surface area contributed by atoms with Gasteiger partial charge in [0.15, 0.2) is 0 Å². The van der Waals surface area contributed by atoms with Crippen LogP contribution in [0.2, 0.25) is 0 Å². The smallest absolute Gasteiger partial charge is 0.334 e. The van der Waals surface area contributed by atoms with Gasteiger partial charge in [-0.3, -0.25) is 19.3 Å². The number of carbonyl (C=O) groups excluding carboxylic acids is 4. The Morgan fingerprint density at radius 3 is 2.50 bits per heavy atom. The van der Waals surface area contributed by atoms with Crippen molar-refractivity contribution in [2.75, 3.05) is 19.0 Å². The highest BCUT2D eigenvalue weighted by Gasteiger charge is 2.48. The van der Waals surface area contributed by atoms with Crippen molar-refractivity contribution in [3.8, 4) is 5.75 Å². The molecule has 0 atom stereocenters. The Kier molecular flexibility index (Phi) is 5.20. The van der Waals surface area contributed by atoms with E-state index in [1.807, 2.05) is 0 Å². The van der Waals surface area contributed by atoms with Crippen molar-refractivity contribution in [3.63, 3.8) is 0 Å². The Balaban J connectivity index is 1.69. The molecule has 2 aliphatic rings. The van der Waals surface area contributed by atoms with E-state index in [1.54, 1.807) is 24.3 Å². The van der Waals surface area contributed by atoms with Gasteiger partial charge >= 0.3 is 17.8 Å². The number of carbonyl (C=O) groups is 4. The minimum atomic E-state index is -0.948. The zero-order valence-corrected chi connectivity index (χ0v) is 14.6. The molecule has 1 N–H and O–H groups in total. The normalized spacial score (nSPS) is 18.4. The molecule has 1 aliphatic carbocycles. The van der Waals surface area contributed by atoms with E-state index >= 15 is 0 Å². The number of methoxy groups -OCH3 is 1. The molecule has 1 heterocycles. The monoisotopic (exact) mass is 359 g/mol. The van der Waals surface area contributed by atoms with Crippen molar-refractivity contribution < 1.29 is 23.9 Å². The highest BCUT2D eigenvalue weighted by atomic mass is 16.5.